The van der Waals surface area contributed by atoms with Gasteiger partial charge in [-0.2, -0.15) is 68.0 Å². The zero-order valence-electron chi connectivity index (χ0n) is 22.9. The molecular weight excluding hydrogens is 675 g/mol. The summed E-state index contributed by atoms with van der Waals surface area (Å²) in [5, 5.41) is 32.2. The Labute approximate surface area is 256 Å². The minimum absolute atomic E-state index is 0.0802. The van der Waals surface area contributed by atoms with Crippen molar-refractivity contribution in [1.82, 2.24) is 20.4 Å². The van der Waals surface area contributed by atoms with E-state index in [4.69, 9.17) is 21.6 Å². The van der Waals surface area contributed by atoms with Gasteiger partial charge in [-0.3, -0.25) is 0 Å². The van der Waals surface area contributed by atoms with E-state index in [0.29, 0.717) is 29.0 Å². The first kappa shape index (κ1) is 38.2. The van der Waals surface area contributed by atoms with Crippen molar-refractivity contribution >= 4 is 24.2 Å². The highest BCUT2D eigenvalue weighted by atomic mass is 35.5. The van der Waals surface area contributed by atoms with Gasteiger partial charge in [-0.05, 0) is 61.8 Å². The van der Waals surface area contributed by atoms with E-state index >= 15 is 0 Å². The molecule has 0 spiro atoms. The fourth-order valence-electron chi connectivity index (χ4n) is 3.31. The maximum Gasteiger partial charge on any atom is 0.489 e. The summed E-state index contributed by atoms with van der Waals surface area (Å²) in [4.78, 5) is 0. The minimum atomic E-state index is -5.10. The van der Waals surface area contributed by atoms with Gasteiger partial charge in [-0.1, -0.05) is 29.8 Å². The van der Waals surface area contributed by atoms with Gasteiger partial charge >= 0.3 is 31.8 Å². The van der Waals surface area contributed by atoms with E-state index in [9.17, 15) is 52.7 Å². The second kappa shape index (κ2) is 14.6. The zero-order valence-corrected chi connectivity index (χ0v) is 23.7. The van der Waals surface area contributed by atoms with Crippen LogP contribution in [0, 0.1) is 13.8 Å². The molecule has 0 aliphatic heterocycles. The number of hydrogen-bond donors (Lipinski definition) is 2. The van der Waals surface area contributed by atoms with Crippen LogP contribution in [0.3, 0.4) is 0 Å². The molecule has 6 nitrogen and oxygen atoms in total. The number of rotatable bonds is 2. The summed E-state index contributed by atoms with van der Waals surface area (Å²) < 4.78 is 150. The van der Waals surface area contributed by atoms with E-state index in [1.165, 1.54) is 12.1 Å². The zero-order chi connectivity index (χ0) is 35.3. The van der Waals surface area contributed by atoms with Gasteiger partial charge in [0, 0.05) is 5.56 Å². The molecule has 0 saturated carbocycles. The molecule has 0 aliphatic carbocycles. The van der Waals surface area contributed by atoms with Crippen molar-refractivity contribution in [3.8, 4) is 11.3 Å². The van der Waals surface area contributed by atoms with Crippen LogP contribution in [0.1, 0.15) is 33.6 Å². The highest BCUT2D eigenvalue weighted by Crippen LogP contribution is 2.40. The van der Waals surface area contributed by atoms with Crippen LogP contribution in [0.2, 0.25) is 5.15 Å². The third kappa shape index (κ3) is 11.1. The van der Waals surface area contributed by atoms with E-state index < -0.39 is 65.1 Å². The average Bonchev–Trinajstić information content (AvgIpc) is 2.93. The van der Waals surface area contributed by atoms with Crippen molar-refractivity contribution < 1.29 is 62.7 Å². The second-order valence-electron chi connectivity index (χ2n) is 8.98. The average molecular weight is 693 g/mol. The van der Waals surface area contributed by atoms with Crippen LogP contribution in [0.4, 0.5) is 52.7 Å². The fraction of sp³-hybridized carbons (Fsp3) is 0.231. The number of alkyl halides is 12. The van der Waals surface area contributed by atoms with Gasteiger partial charge in [0.1, 0.15) is 0 Å². The monoisotopic (exact) mass is 692 g/mol. The normalized spacial score (nSPS) is 12.0. The van der Waals surface area contributed by atoms with Crippen molar-refractivity contribution in [2.24, 2.45) is 0 Å². The molecule has 0 aliphatic rings. The summed E-state index contributed by atoms with van der Waals surface area (Å²) in [6, 6.07) is 8.24. The third-order valence-corrected chi connectivity index (χ3v) is 5.66. The largest absolute Gasteiger partial charge is 0.489 e. The van der Waals surface area contributed by atoms with E-state index in [1.807, 2.05) is 13.0 Å². The summed E-state index contributed by atoms with van der Waals surface area (Å²) in [5.74, 6) is 0. The molecule has 2 aromatic carbocycles. The van der Waals surface area contributed by atoms with Crippen LogP contribution < -0.4 is 5.46 Å². The lowest BCUT2D eigenvalue weighted by atomic mass is 9.76. The van der Waals surface area contributed by atoms with E-state index in [1.54, 1.807) is 13.0 Å². The quantitative estimate of drug-likeness (QED) is 0.169. The lowest BCUT2D eigenvalue weighted by molar-refractivity contribution is -0.144. The van der Waals surface area contributed by atoms with Gasteiger partial charge in [0.05, 0.1) is 39.3 Å². The number of aromatic nitrogens is 4. The summed E-state index contributed by atoms with van der Waals surface area (Å²) in [6.45, 7) is 3.46. The fourth-order valence-corrected chi connectivity index (χ4v) is 3.41. The molecule has 0 bridgehead atoms. The Balaban J connectivity index is 0.000000263. The van der Waals surface area contributed by atoms with Crippen LogP contribution in [0.5, 0.6) is 0 Å². The second-order valence-corrected chi connectivity index (χ2v) is 9.37. The SMILES string of the molecule is Cc1ccc(-c2ccc(C(F)(F)F)cc2C(F)(F)F)nn1.Cc1ccc(Cl)nn1.OB(O)c1ccc(C(F)(F)F)cc1C(F)(F)F. The molecule has 46 heavy (non-hydrogen) atoms. The number of nitrogens with zero attached hydrogens (tertiary/aromatic N) is 4. The van der Waals surface area contributed by atoms with E-state index in [-0.39, 0.29) is 17.8 Å². The third-order valence-electron chi connectivity index (χ3n) is 5.46. The summed E-state index contributed by atoms with van der Waals surface area (Å²) in [7, 11) is -2.49. The van der Waals surface area contributed by atoms with Crippen molar-refractivity contribution in [3.05, 3.63) is 99.5 Å². The van der Waals surface area contributed by atoms with Gasteiger partial charge in [0.15, 0.2) is 5.15 Å². The van der Waals surface area contributed by atoms with Crippen LogP contribution in [0.25, 0.3) is 11.3 Å². The van der Waals surface area contributed by atoms with Gasteiger partial charge in [0.2, 0.25) is 0 Å². The van der Waals surface area contributed by atoms with Crippen LogP contribution >= 0.6 is 11.6 Å². The number of aryl methyl sites for hydroxylation is 2. The van der Waals surface area contributed by atoms with Gasteiger partial charge < -0.3 is 10.0 Å². The Morgan fingerprint density at radius 2 is 1.00 bits per heavy atom. The Kier molecular flexibility index (Phi) is 12.2. The molecule has 248 valence electrons. The predicted octanol–water partition coefficient (Wildman–Crippen LogP) is 7.33. The maximum atomic E-state index is 13.0. The van der Waals surface area contributed by atoms with Crippen LogP contribution in [0.15, 0.2) is 60.7 Å². The van der Waals surface area contributed by atoms with Crippen LogP contribution in [-0.4, -0.2) is 37.6 Å². The Hall–Kier alpha value is -3.97. The standard InChI is InChI=1S/C13H8F6N2.C8H5BF6O2.C5H5ClN2/c1-7-2-5-11(21-20-7)9-4-3-8(12(14,15)16)6-10(9)13(17,18)19;10-7(11,12)4-1-2-6(9(16)17)5(3-4)8(13,14)15;1-4-2-3-5(6)8-7-4/h2-6H,1H3;1-3,16-17H;2-3H,1H3. The first-order valence-electron chi connectivity index (χ1n) is 12.1. The summed E-state index contributed by atoms with van der Waals surface area (Å²) in [6.07, 6.45) is -19.8. The molecular formula is C26H18BClF12N4O2. The Morgan fingerprint density at radius 3 is 1.37 bits per heavy atom. The topological polar surface area (TPSA) is 92.0 Å². The molecule has 0 amide bonds. The molecule has 0 unspecified atom stereocenters. The minimum Gasteiger partial charge on any atom is -0.423 e. The molecule has 2 N–H and O–H groups in total. The van der Waals surface area contributed by atoms with Gasteiger partial charge in [-0.25, -0.2) is 0 Å². The lowest BCUT2D eigenvalue weighted by Gasteiger charge is -2.15. The highest BCUT2D eigenvalue weighted by molar-refractivity contribution is 6.59. The first-order valence-corrected chi connectivity index (χ1v) is 12.5. The highest BCUT2D eigenvalue weighted by Gasteiger charge is 2.40. The molecule has 4 rings (SSSR count). The van der Waals surface area contributed by atoms with Crippen molar-refractivity contribution in [2.75, 3.05) is 0 Å². The molecule has 0 atom stereocenters. The number of halogens is 13. The molecule has 20 heteroatoms. The summed E-state index contributed by atoms with van der Waals surface area (Å²) >= 11 is 5.44. The molecule has 0 saturated heterocycles. The molecule has 2 aromatic heterocycles. The molecule has 2 heterocycles. The van der Waals surface area contributed by atoms with Gasteiger partial charge in [-0.15, -0.1) is 5.10 Å². The number of hydrogen-bond acceptors (Lipinski definition) is 6. The maximum absolute atomic E-state index is 13.0. The van der Waals surface area contributed by atoms with Crippen molar-refractivity contribution in [1.29, 1.82) is 0 Å². The lowest BCUT2D eigenvalue weighted by Crippen LogP contribution is -2.36. The van der Waals surface area contributed by atoms with Crippen molar-refractivity contribution in [2.45, 2.75) is 38.6 Å². The van der Waals surface area contributed by atoms with Gasteiger partial charge in [0.25, 0.3) is 0 Å². The Bertz CT molecular complexity index is 1570. The Morgan fingerprint density at radius 1 is 0.543 bits per heavy atom. The molecule has 4 aromatic rings. The number of benzene rings is 2. The summed E-state index contributed by atoms with van der Waals surface area (Å²) in [5.41, 5.74) is -6.21. The predicted molar refractivity (Wildman–Crippen MR) is 140 cm³/mol. The molecule has 0 radical (unpaired) electrons. The van der Waals surface area contributed by atoms with E-state index in [0.717, 1.165) is 11.8 Å². The first-order chi connectivity index (χ1) is 20.9. The smallest absolute Gasteiger partial charge is 0.423 e. The van der Waals surface area contributed by atoms with Crippen molar-refractivity contribution in [3.63, 3.8) is 0 Å². The van der Waals surface area contributed by atoms with Crippen LogP contribution in [-0.2, 0) is 24.7 Å². The van der Waals surface area contributed by atoms with E-state index in [2.05, 4.69) is 20.4 Å². The molecule has 0 fully saturated rings.